The number of aromatic nitrogens is 2. The summed E-state index contributed by atoms with van der Waals surface area (Å²) in [4.78, 5) is 15.5. The number of carbonyl (C=O) groups is 1. The van der Waals surface area contributed by atoms with Gasteiger partial charge in [-0.3, -0.25) is 9.89 Å². The molecule has 1 fully saturated rings. The highest BCUT2D eigenvalue weighted by molar-refractivity contribution is 6.01. The molecule has 2 N–H and O–H groups in total. The fourth-order valence-electron chi connectivity index (χ4n) is 4.66. The third kappa shape index (κ3) is 5.08. The van der Waals surface area contributed by atoms with Crippen LogP contribution in [-0.4, -0.2) is 42.9 Å². The lowest BCUT2D eigenvalue weighted by atomic mass is 10.0. The van der Waals surface area contributed by atoms with Gasteiger partial charge in [-0.25, -0.2) is 0 Å². The second-order valence-corrected chi connectivity index (χ2v) is 9.15. The number of hydrogen-bond acceptors (Lipinski definition) is 4. The van der Waals surface area contributed by atoms with Crippen molar-refractivity contribution in [2.45, 2.75) is 25.8 Å². The zero-order valence-electron chi connectivity index (χ0n) is 20.3. The summed E-state index contributed by atoms with van der Waals surface area (Å²) in [5, 5.41) is 11.9. The van der Waals surface area contributed by atoms with E-state index in [0.29, 0.717) is 18.1 Å². The second-order valence-electron chi connectivity index (χ2n) is 9.15. The molecule has 4 aromatic rings. The number of carbonyl (C=O) groups excluding carboxylic acids is 1. The van der Waals surface area contributed by atoms with E-state index in [2.05, 4.69) is 63.7 Å². The number of nitrogens with zero attached hydrogens (tertiary/aromatic N) is 2. The van der Waals surface area contributed by atoms with Crippen LogP contribution >= 0.6 is 0 Å². The number of aromatic amines is 1. The van der Waals surface area contributed by atoms with E-state index in [1.54, 1.807) is 7.11 Å². The maximum Gasteiger partial charge on any atom is 0.251 e. The van der Waals surface area contributed by atoms with Crippen molar-refractivity contribution in [1.29, 1.82) is 0 Å². The lowest BCUT2D eigenvalue weighted by Crippen LogP contribution is -2.29. The van der Waals surface area contributed by atoms with E-state index in [9.17, 15) is 4.79 Å². The van der Waals surface area contributed by atoms with E-state index in [-0.39, 0.29) is 11.9 Å². The van der Waals surface area contributed by atoms with Gasteiger partial charge in [0.15, 0.2) is 0 Å². The molecule has 1 aliphatic rings. The number of likely N-dealkylation sites (N-methyl/N-ethyl adjacent to an activating group) is 1. The maximum absolute atomic E-state index is 13.3. The molecule has 0 bridgehead atoms. The lowest BCUT2D eigenvalue weighted by molar-refractivity contribution is 0.0932. The molecule has 0 saturated heterocycles. The Bertz CT molecular complexity index is 1280. The number of fused-ring (bicyclic) bond motifs is 1. The summed E-state index contributed by atoms with van der Waals surface area (Å²) >= 11 is 0. The molecule has 3 aromatic carbocycles. The normalized spacial score (nSPS) is 14.1. The quantitative estimate of drug-likeness (QED) is 0.319. The molecule has 1 aromatic heterocycles. The first-order valence-electron chi connectivity index (χ1n) is 12.4. The number of hydrogen-bond donors (Lipinski definition) is 2. The Morgan fingerprint density at radius 1 is 1.11 bits per heavy atom. The van der Waals surface area contributed by atoms with Crippen LogP contribution in [-0.2, 0) is 4.74 Å². The fraction of sp³-hybridized carbons (Fsp3) is 0.310. The van der Waals surface area contributed by atoms with Crippen LogP contribution in [0.25, 0.3) is 22.2 Å². The Morgan fingerprint density at radius 2 is 1.89 bits per heavy atom. The Hall–Kier alpha value is -3.64. The summed E-state index contributed by atoms with van der Waals surface area (Å²) < 4.78 is 5.23. The summed E-state index contributed by atoms with van der Waals surface area (Å²) in [7, 11) is 1.72. The second kappa shape index (κ2) is 10.3. The number of nitrogens with one attached hydrogen (secondary N) is 2. The number of rotatable bonds is 10. The van der Waals surface area contributed by atoms with Crippen LogP contribution in [0.1, 0.15) is 41.7 Å². The maximum atomic E-state index is 13.3. The first-order chi connectivity index (χ1) is 17.2. The molecule has 5 rings (SSSR count). The highest BCUT2D eigenvalue weighted by atomic mass is 16.5. The molecule has 1 heterocycles. The van der Waals surface area contributed by atoms with Gasteiger partial charge in [0, 0.05) is 42.4 Å². The Balaban J connectivity index is 1.38. The zero-order chi connectivity index (χ0) is 24.2. The van der Waals surface area contributed by atoms with Crippen molar-refractivity contribution in [2.24, 2.45) is 5.92 Å². The van der Waals surface area contributed by atoms with Gasteiger partial charge in [0.25, 0.3) is 5.91 Å². The molecule has 0 aliphatic heterocycles. The van der Waals surface area contributed by atoms with Crippen molar-refractivity contribution in [3.8, 4) is 11.3 Å². The number of benzene rings is 3. The van der Waals surface area contributed by atoms with Crippen molar-refractivity contribution >= 4 is 22.5 Å². The summed E-state index contributed by atoms with van der Waals surface area (Å²) in [5.41, 5.74) is 5.75. The van der Waals surface area contributed by atoms with E-state index in [4.69, 9.17) is 4.74 Å². The molecule has 0 radical (unpaired) electrons. The molecule has 1 aliphatic carbocycles. The van der Waals surface area contributed by atoms with Crippen LogP contribution in [0.15, 0.2) is 72.8 Å². The lowest BCUT2D eigenvalue weighted by Gasteiger charge is -2.22. The molecular formula is C29H32N4O2. The predicted molar refractivity (Wildman–Crippen MR) is 141 cm³/mol. The molecule has 35 heavy (non-hydrogen) atoms. The average molecular weight is 469 g/mol. The van der Waals surface area contributed by atoms with E-state index in [1.807, 2.05) is 36.4 Å². The van der Waals surface area contributed by atoms with Gasteiger partial charge in [-0.1, -0.05) is 42.5 Å². The van der Waals surface area contributed by atoms with Crippen molar-refractivity contribution in [2.75, 3.05) is 31.7 Å². The van der Waals surface area contributed by atoms with Crippen LogP contribution in [0.4, 0.5) is 5.69 Å². The summed E-state index contributed by atoms with van der Waals surface area (Å²) in [6, 6.07) is 24.5. The van der Waals surface area contributed by atoms with Crippen molar-refractivity contribution in [3.63, 3.8) is 0 Å². The SMILES string of the molecule is CCN(CCOC)c1ccc(-c2n[nH]c3ccc(C(=O)N[C@@H](c4ccccc4)C4CC4)cc23)cc1. The standard InChI is InChI=1S/C29H32N4O2/c1-3-33(17-18-35-2)24-14-11-22(12-15-24)28-25-19-23(13-16-26(25)31-32-28)29(34)30-27(21-9-10-21)20-7-5-4-6-8-20/h4-8,11-16,19,21,27H,3,9-10,17-18H2,1-2H3,(H,30,34)(H,31,32)/t27-/m0/s1. The molecule has 6 nitrogen and oxygen atoms in total. The van der Waals surface area contributed by atoms with Crippen molar-refractivity contribution in [3.05, 3.63) is 83.9 Å². The molecule has 180 valence electrons. The fourth-order valence-corrected chi connectivity index (χ4v) is 4.66. The monoisotopic (exact) mass is 468 g/mol. The molecule has 1 atom stereocenters. The van der Waals surface area contributed by atoms with Crippen LogP contribution in [0.2, 0.25) is 0 Å². The van der Waals surface area contributed by atoms with Crippen LogP contribution in [0, 0.1) is 5.92 Å². The third-order valence-corrected chi connectivity index (χ3v) is 6.82. The third-order valence-electron chi connectivity index (χ3n) is 6.82. The Morgan fingerprint density at radius 3 is 2.57 bits per heavy atom. The number of anilines is 1. The first-order valence-corrected chi connectivity index (χ1v) is 12.4. The predicted octanol–water partition coefficient (Wildman–Crippen LogP) is 5.58. The minimum atomic E-state index is -0.0492. The first kappa shape index (κ1) is 23.1. The molecule has 1 saturated carbocycles. The molecular weight excluding hydrogens is 436 g/mol. The smallest absolute Gasteiger partial charge is 0.251 e. The number of H-pyrrole nitrogens is 1. The van der Waals surface area contributed by atoms with E-state index < -0.39 is 0 Å². The minimum absolute atomic E-state index is 0.0492. The number of amides is 1. The van der Waals surface area contributed by atoms with Gasteiger partial charge < -0.3 is 15.0 Å². The highest BCUT2D eigenvalue weighted by Gasteiger charge is 2.33. The highest BCUT2D eigenvalue weighted by Crippen LogP contribution is 2.41. The summed E-state index contributed by atoms with van der Waals surface area (Å²) in [6.07, 6.45) is 2.31. The van der Waals surface area contributed by atoms with Crippen LogP contribution in [0.3, 0.4) is 0 Å². The molecule has 6 heteroatoms. The van der Waals surface area contributed by atoms with Crippen LogP contribution < -0.4 is 10.2 Å². The van der Waals surface area contributed by atoms with Gasteiger partial charge in [0.1, 0.15) is 0 Å². The average Bonchev–Trinajstić information content (AvgIpc) is 3.66. The van der Waals surface area contributed by atoms with E-state index in [0.717, 1.165) is 53.8 Å². The Kier molecular flexibility index (Phi) is 6.82. The van der Waals surface area contributed by atoms with Crippen molar-refractivity contribution in [1.82, 2.24) is 15.5 Å². The van der Waals surface area contributed by atoms with Crippen LogP contribution in [0.5, 0.6) is 0 Å². The molecule has 0 spiro atoms. The van der Waals surface area contributed by atoms with Gasteiger partial charge in [-0.05, 0) is 61.6 Å². The topological polar surface area (TPSA) is 70.2 Å². The molecule has 1 amide bonds. The number of methoxy groups -OCH3 is 1. The largest absolute Gasteiger partial charge is 0.383 e. The Labute approximate surface area is 206 Å². The van der Waals surface area contributed by atoms with Gasteiger partial charge in [-0.15, -0.1) is 0 Å². The van der Waals surface area contributed by atoms with E-state index in [1.165, 1.54) is 5.56 Å². The van der Waals surface area contributed by atoms with E-state index >= 15 is 0 Å². The van der Waals surface area contributed by atoms with Gasteiger partial charge in [-0.2, -0.15) is 5.10 Å². The minimum Gasteiger partial charge on any atom is -0.383 e. The summed E-state index contributed by atoms with van der Waals surface area (Å²) in [5.74, 6) is 0.464. The molecule has 0 unspecified atom stereocenters. The summed E-state index contributed by atoms with van der Waals surface area (Å²) in [6.45, 7) is 4.59. The number of ether oxygens (including phenoxy) is 1. The van der Waals surface area contributed by atoms with Gasteiger partial charge >= 0.3 is 0 Å². The van der Waals surface area contributed by atoms with Crippen molar-refractivity contribution < 1.29 is 9.53 Å². The van der Waals surface area contributed by atoms with Gasteiger partial charge in [0.2, 0.25) is 0 Å². The van der Waals surface area contributed by atoms with Gasteiger partial charge in [0.05, 0.1) is 23.9 Å². The zero-order valence-corrected chi connectivity index (χ0v) is 20.3.